The summed E-state index contributed by atoms with van der Waals surface area (Å²) in [6, 6.07) is 8.17. The molecule has 1 aliphatic heterocycles. The summed E-state index contributed by atoms with van der Waals surface area (Å²) >= 11 is 0. The molecule has 2 heterocycles. The molecular formula is C16H20N2O. The van der Waals surface area contributed by atoms with Crippen molar-refractivity contribution in [2.75, 3.05) is 13.1 Å². The van der Waals surface area contributed by atoms with E-state index in [1.807, 2.05) is 37.1 Å². The van der Waals surface area contributed by atoms with E-state index in [1.165, 1.54) is 0 Å². The van der Waals surface area contributed by atoms with Crippen molar-refractivity contribution in [1.29, 1.82) is 0 Å². The summed E-state index contributed by atoms with van der Waals surface area (Å²) in [5.74, 6) is 0.245. The van der Waals surface area contributed by atoms with E-state index < -0.39 is 5.41 Å². The van der Waals surface area contributed by atoms with Crippen molar-refractivity contribution in [3.63, 3.8) is 0 Å². The molecule has 1 amide bonds. The van der Waals surface area contributed by atoms with Crippen molar-refractivity contribution >= 4 is 16.8 Å². The largest absolute Gasteiger partial charge is 0.361 e. The zero-order valence-electron chi connectivity index (χ0n) is 11.6. The SMILES string of the molecule is CC(C)(C(=O)N1CCCC1)c1c[nH]c2ccccc12. The lowest BCUT2D eigenvalue weighted by Gasteiger charge is -2.29. The first-order chi connectivity index (χ1) is 9.10. The fraction of sp³-hybridized carbons (Fsp3) is 0.438. The van der Waals surface area contributed by atoms with Crippen LogP contribution in [-0.4, -0.2) is 28.9 Å². The number of amides is 1. The summed E-state index contributed by atoms with van der Waals surface area (Å²) in [6.45, 7) is 5.88. The highest BCUT2D eigenvalue weighted by Gasteiger charge is 2.36. The van der Waals surface area contributed by atoms with Gasteiger partial charge in [0, 0.05) is 30.2 Å². The number of aromatic amines is 1. The average Bonchev–Trinajstić information content (AvgIpc) is 3.07. The minimum Gasteiger partial charge on any atom is -0.361 e. The molecule has 0 radical (unpaired) electrons. The molecule has 1 aliphatic rings. The maximum Gasteiger partial charge on any atom is 0.232 e. The van der Waals surface area contributed by atoms with Crippen LogP contribution in [0.25, 0.3) is 10.9 Å². The number of H-pyrrole nitrogens is 1. The van der Waals surface area contributed by atoms with Gasteiger partial charge in [-0.1, -0.05) is 18.2 Å². The summed E-state index contributed by atoms with van der Waals surface area (Å²) in [7, 11) is 0. The van der Waals surface area contributed by atoms with Gasteiger partial charge in [-0.15, -0.1) is 0 Å². The number of nitrogens with one attached hydrogen (secondary N) is 1. The van der Waals surface area contributed by atoms with E-state index in [2.05, 4.69) is 17.1 Å². The van der Waals surface area contributed by atoms with Crippen molar-refractivity contribution in [3.8, 4) is 0 Å². The molecule has 0 spiro atoms. The van der Waals surface area contributed by atoms with E-state index in [-0.39, 0.29) is 5.91 Å². The van der Waals surface area contributed by atoms with Crippen molar-refractivity contribution in [3.05, 3.63) is 36.0 Å². The number of rotatable bonds is 2. The van der Waals surface area contributed by atoms with Crippen LogP contribution in [0, 0.1) is 0 Å². The Labute approximate surface area is 113 Å². The Morgan fingerprint density at radius 3 is 2.63 bits per heavy atom. The van der Waals surface area contributed by atoms with Gasteiger partial charge >= 0.3 is 0 Å². The van der Waals surface area contributed by atoms with E-state index in [4.69, 9.17) is 0 Å². The third-order valence-electron chi connectivity index (χ3n) is 4.19. The third kappa shape index (κ3) is 1.93. The maximum absolute atomic E-state index is 12.7. The molecule has 1 N–H and O–H groups in total. The molecule has 3 nitrogen and oxygen atoms in total. The van der Waals surface area contributed by atoms with E-state index in [0.29, 0.717) is 0 Å². The van der Waals surface area contributed by atoms with Crippen LogP contribution in [0.4, 0.5) is 0 Å². The summed E-state index contributed by atoms with van der Waals surface area (Å²) in [5.41, 5.74) is 1.73. The van der Waals surface area contributed by atoms with Gasteiger partial charge < -0.3 is 9.88 Å². The van der Waals surface area contributed by atoms with Crippen LogP contribution >= 0.6 is 0 Å². The van der Waals surface area contributed by atoms with E-state index in [9.17, 15) is 4.79 Å². The smallest absolute Gasteiger partial charge is 0.232 e. The van der Waals surface area contributed by atoms with Gasteiger partial charge in [-0.05, 0) is 38.3 Å². The van der Waals surface area contributed by atoms with Crippen LogP contribution in [0.1, 0.15) is 32.3 Å². The first-order valence-corrected chi connectivity index (χ1v) is 6.96. The number of fused-ring (bicyclic) bond motifs is 1. The summed E-state index contributed by atoms with van der Waals surface area (Å²) in [5, 5.41) is 1.15. The summed E-state index contributed by atoms with van der Waals surface area (Å²) in [6.07, 6.45) is 4.25. The Morgan fingerprint density at radius 2 is 1.89 bits per heavy atom. The van der Waals surface area contributed by atoms with Crippen LogP contribution in [-0.2, 0) is 10.2 Å². The predicted octanol–water partition coefficient (Wildman–Crippen LogP) is 3.07. The minimum absolute atomic E-state index is 0.245. The molecule has 3 heteroatoms. The summed E-state index contributed by atoms with van der Waals surface area (Å²) in [4.78, 5) is 18.0. The standard InChI is InChI=1S/C16H20N2O/c1-16(2,15(19)18-9-5-6-10-18)13-11-17-14-8-4-3-7-12(13)14/h3-4,7-8,11,17H,5-6,9-10H2,1-2H3. The predicted molar refractivity (Wildman–Crippen MR) is 77.1 cm³/mol. The molecular weight excluding hydrogens is 236 g/mol. The minimum atomic E-state index is -0.468. The number of nitrogens with zero attached hydrogens (tertiary/aromatic N) is 1. The topological polar surface area (TPSA) is 36.1 Å². The van der Waals surface area contributed by atoms with Crippen LogP contribution in [0.5, 0.6) is 0 Å². The number of benzene rings is 1. The van der Waals surface area contributed by atoms with Crippen molar-refractivity contribution in [2.24, 2.45) is 0 Å². The first kappa shape index (κ1) is 12.3. The molecule has 3 rings (SSSR count). The Hall–Kier alpha value is -1.77. The van der Waals surface area contributed by atoms with Gasteiger partial charge in [0.15, 0.2) is 0 Å². The molecule has 0 atom stereocenters. The highest BCUT2D eigenvalue weighted by molar-refractivity contribution is 5.94. The molecule has 1 saturated heterocycles. The molecule has 0 unspecified atom stereocenters. The first-order valence-electron chi connectivity index (χ1n) is 6.96. The van der Waals surface area contributed by atoms with Gasteiger partial charge in [-0.25, -0.2) is 0 Å². The molecule has 2 aromatic rings. The van der Waals surface area contributed by atoms with Crippen molar-refractivity contribution < 1.29 is 4.79 Å². The molecule has 0 bridgehead atoms. The number of carbonyl (C=O) groups excluding carboxylic acids is 1. The van der Waals surface area contributed by atoms with Crippen LogP contribution < -0.4 is 0 Å². The van der Waals surface area contributed by atoms with Crippen LogP contribution in [0.3, 0.4) is 0 Å². The average molecular weight is 256 g/mol. The number of likely N-dealkylation sites (tertiary alicyclic amines) is 1. The second-order valence-electron chi connectivity index (χ2n) is 5.87. The lowest BCUT2D eigenvalue weighted by molar-refractivity contribution is -0.135. The zero-order chi connectivity index (χ0) is 13.5. The van der Waals surface area contributed by atoms with Crippen LogP contribution in [0.15, 0.2) is 30.5 Å². The van der Waals surface area contributed by atoms with Crippen LogP contribution in [0.2, 0.25) is 0 Å². The fourth-order valence-electron chi connectivity index (χ4n) is 3.02. The van der Waals surface area contributed by atoms with Gasteiger partial charge in [-0.3, -0.25) is 4.79 Å². The number of carbonyl (C=O) groups is 1. The Balaban J connectivity index is 2.01. The Bertz CT molecular complexity index is 606. The monoisotopic (exact) mass is 256 g/mol. The lowest BCUT2D eigenvalue weighted by atomic mass is 9.83. The van der Waals surface area contributed by atoms with Crippen molar-refractivity contribution in [2.45, 2.75) is 32.1 Å². The molecule has 1 fully saturated rings. The summed E-state index contributed by atoms with van der Waals surface area (Å²) < 4.78 is 0. The number of hydrogen-bond donors (Lipinski definition) is 1. The van der Waals surface area contributed by atoms with E-state index >= 15 is 0 Å². The van der Waals surface area contributed by atoms with E-state index in [1.54, 1.807) is 0 Å². The van der Waals surface area contributed by atoms with Gasteiger partial charge in [-0.2, -0.15) is 0 Å². The third-order valence-corrected chi connectivity index (χ3v) is 4.19. The molecule has 100 valence electrons. The molecule has 1 aromatic carbocycles. The number of aromatic nitrogens is 1. The quantitative estimate of drug-likeness (QED) is 0.880. The highest BCUT2D eigenvalue weighted by atomic mass is 16.2. The fourth-order valence-corrected chi connectivity index (χ4v) is 3.02. The molecule has 19 heavy (non-hydrogen) atoms. The second kappa shape index (κ2) is 4.41. The maximum atomic E-state index is 12.7. The lowest BCUT2D eigenvalue weighted by Crippen LogP contribution is -2.41. The molecule has 0 aliphatic carbocycles. The second-order valence-corrected chi connectivity index (χ2v) is 5.87. The highest BCUT2D eigenvalue weighted by Crippen LogP contribution is 2.32. The van der Waals surface area contributed by atoms with Gasteiger partial charge in [0.1, 0.15) is 0 Å². The van der Waals surface area contributed by atoms with Gasteiger partial charge in [0.05, 0.1) is 5.41 Å². The van der Waals surface area contributed by atoms with Gasteiger partial charge in [0.25, 0.3) is 0 Å². The molecule has 1 aromatic heterocycles. The zero-order valence-corrected chi connectivity index (χ0v) is 11.6. The number of hydrogen-bond acceptors (Lipinski definition) is 1. The van der Waals surface area contributed by atoms with Crippen molar-refractivity contribution in [1.82, 2.24) is 9.88 Å². The van der Waals surface area contributed by atoms with E-state index in [0.717, 1.165) is 42.4 Å². The van der Waals surface area contributed by atoms with Gasteiger partial charge in [0.2, 0.25) is 5.91 Å². The number of para-hydroxylation sites is 1. The Morgan fingerprint density at radius 1 is 1.21 bits per heavy atom. The normalized spacial score (nSPS) is 16.2. The Kier molecular flexibility index (Phi) is 2.85. The molecule has 0 saturated carbocycles.